The lowest BCUT2D eigenvalue weighted by Crippen LogP contribution is -2.28. The van der Waals surface area contributed by atoms with Gasteiger partial charge in [-0.1, -0.05) is 78.4 Å². The van der Waals surface area contributed by atoms with E-state index >= 15 is 0 Å². The van der Waals surface area contributed by atoms with E-state index in [9.17, 15) is 13.2 Å². The van der Waals surface area contributed by atoms with Gasteiger partial charge in [0.2, 0.25) is 0 Å². The Hall–Kier alpha value is -4.49. The third-order valence-corrected chi connectivity index (χ3v) is 8.60. The zero-order chi connectivity index (χ0) is 28.4. The molecule has 0 spiro atoms. The third kappa shape index (κ3) is 5.46. The molecule has 0 aliphatic rings. The van der Waals surface area contributed by atoms with Gasteiger partial charge in [-0.25, -0.2) is 13.1 Å². The summed E-state index contributed by atoms with van der Waals surface area (Å²) in [7, 11) is -3.79. The lowest BCUT2D eigenvalue weighted by atomic mass is 9.94. The molecule has 1 atom stereocenters. The van der Waals surface area contributed by atoms with Crippen LogP contribution in [0.15, 0.2) is 113 Å². The summed E-state index contributed by atoms with van der Waals surface area (Å²) in [6, 6.07) is 29.2. The molecule has 1 heterocycles. The summed E-state index contributed by atoms with van der Waals surface area (Å²) in [5.74, 6) is 0. The van der Waals surface area contributed by atoms with E-state index in [0.29, 0.717) is 22.4 Å². The summed E-state index contributed by atoms with van der Waals surface area (Å²) in [4.78, 5) is 14.3. The van der Waals surface area contributed by atoms with E-state index in [1.165, 1.54) is 4.68 Å². The van der Waals surface area contributed by atoms with E-state index in [1.54, 1.807) is 48.7 Å². The molecule has 1 aromatic heterocycles. The average Bonchev–Trinajstić information content (AvgIpc) is 2.95. The van der Waals surface area contributed by atoms with Crippen LogP contribution in [0.1, 0.15) is 35.2 Å². The molecule has 0 amide bonds. The van der Waals surface area contributed by atoms with Gasteiger partial charge in [0, 0.05) is 11.3 Å². The van der Waals surface area contributed by atoms with Crippen LogP contribution in [0.2, 0.25) is 0 Å². The van der Waals surface area contributed by atoms with Gasteiger partial charge < -0.3 is 0 Å². The average molecular weight is 550 g/mol. The molecule has 0 fully saturated rings. The topological polar surface area (TPSA) is 81.1 Å². The summed E-state index contributed by atoms with van der Waals surface area (Å²) >= 11 is 0. The molecule has 5 rings (SSSR count). The second kappa shape index (κ2) is 10.9. The highest BCUT2D eigenvalue weighted by atomic mass is 32.2. The molecule has 0 bridgehead atoms. The van der Waals surface area contributed by atoms with Crippen LogP contribution in [0.3, 0.4) is 0 Å². The quantitative estimate of drug-likeness (QED) is 0.239. The lowest BCUT2D eigenvalue weighted by Gasteiger charge is -2.18. The van der Waals surface area contributed by atoms with Gasteiger partial charge in [-0.15, -0.1) is 0 Å². The summed E-state index contributed by atoms with van der Waals surface area (Å²) in [5.41, 5.74) is 6.93. The number of hydrogen-bond donors (Lipinski definition) is 1. The van der Waals surface area contributed by atoms with Crippen molar-refractivity contribution in [1.29, 1.82) is 0 Å². The monoisotopic (exact) mass is 549 g/mol. The number of nitrogens with zero attached hydrogens (tertiary/aromatic N) is 2. The van der Waals surface area contributed by atoms with Crippen molar-refractivity contribution in [3.8, 4) is 22.3 Å². The zero-order valence-electron chi connectivity index (χ0n) is 22.9. The molecule has 1 N–H and O–H groups in total. The molecular weight excluding hydrogens is 518 g/mol. The molecule has 5 aromatic rings. The van der Waals surface area contributed by atoms with Gasteiger partial charge in [0.15, 0.2) is 0 Å². The Bertz CT molecular complexity index is 1850. The molecule has 4 aromatic carbocycles. The molecule has 1 unspecified atom stereocenters. The van der Waals surface area contributed by atoms with Crippen molar-refractivity contribution >= 4 is 15.7 Å². The Morgan fingerprint density at radius 3 is 2.20 bits per heavy atom. The van der Waals surface area contributed by atoms with E-state index in [-0.39, 0.29) is 16.5 Å². The van der Waals surface area contributed by atoms with Gasteiger partial charge >= 0.3 is 0 Å². The standard InChI is InChI=1S/C33H31N3O3S/c1-22-13-17-30(18-14-22)40(38,39)35-29-12-8-11-27(20-29)31-21-34-36(25(4)26-9-6-5-7-10-26)33(37)32(31)28-16-15-23(2)24(3)19-28/h5-21,25,35H,1-4H3. The van der Waals surface area contributed by atoms with Crippen molar-refractivity contribution < 1.29 is 8.42 Å². The minimum atomic E-state index is -3.79. The van der Waals surface area contributed by atoms with E-state index in [1.807, 2.05) is 82.3 Å². The van der Waals surface area contributed by atoms with Crippen molar-refractivity contribution in [2.45, 2.75) is 38.6 Å². The van der Waals surface area contributed by atoms with Gasteiger partial charge in [-0.3, -0.25) is 9.52 Å². The normalized spacial score (nSPS) is 12.2. The Labute approximate surface area is 235 Å². The minimum absolute atomic E-state index is 0.179. The fourth-order valence-corrected chi connectivity index (χ4v) is 5.74. The molecule has 0 aliphatic carbocycles. The van der Waals surface area contributed by atoms with Gasteiger partial charge in [0.1, 0.15) is 0 Å². The van der Waals surface area contributed by atoms with Crippen molar-refractivity contribution in [2.75, 3.05) is 4.72 Å². The number of hydrogen-bond acceptors (Lipinski definition) is 4. The molecule has 202 valence electrons. The minimum Gasteiger partial charge on any atom is -0.280 e. The summed E-state index contributed by atoms with van der Waals surface area (Å²) < 4.78 is 30.3. The van der Waals surface area contributed by atoms with Crippen LogP contribution in [-0.4, -0.2) is 18.2 Å². The maximum atomic E-state index is 14.1. The van der Waals surface area contributed by atoms with Crippen molar-refractivity contribution in [2.24, 2.45) is 0 Å². The Morgan fingerprint density at radius 2 is 1.50 bits per heavy atom. The summed E-state index contributed by atoms with van der Waals surface area (Å²) in [6.07, 6.45) is 1.69. The molecule has 0 saturated carbocycles. The SMILES string of the molecule is Cc1ccc(S(=O)(=O)Nc2cccc(-c3cnn(C(C)c4ccccc4)c(=O)c3-c3ccc(C)c(C)c3)c2)cc1. The van der Waals surface area contributed by atoms with Crippen LogP contribution < -0.4 is 10.3 Å². The highest BCUT2D eigenvalue weighted by molar-refractivity contribution is 7.92. The number of aryl methyl sites for hydroxylation is 3. The van der Waals surface area contributed by atoms with Crippen molar-refractivity contribution in [3.63, 3.8) is 0 Å². The number of nitrogens with one attached hydrogen (secondary N) is 1. The molecule has 0 saturated heterocycles. The number of benzene rings is 4. The van der Waals surface area contributed by atoms with Crippen molar-refractivity contribution in [3.05, 3.63) is 136 Å². The van der Waals surface area contributed by atoms with Crippen LogP contribution in [0.25, 0.3) is 22.3 Å². The Morgan fingerprint density at radius 1 is 0.775 bits per heavy atom. The molecule has 6 nitrogen and oxygen atoms in total. The van der Waals surface area contributed by atoms with Gasteiger partial charge in [0.25, 0.3) is 15.6 Å². The maximum absolute atomic E-state index is 14.1. The van der Waals surface area contributed by atoms with Crippen LogP contribution in [0, 0.1) is 20.8 Å². The fourth-order valence-electron chi connectivity index (χ4n) is 4.69. The zero-order valence-corrected chi connectivity index (χ0v) is 23.7. The Balaban J connectivity index is 1.62. The van der Waals surface area contributed by atoms with Gasteiger partial charge in [-0.2, -0.15) is 5.10 Å². The number of sulfonamides is 1. The maximum Gasteiger partial charge on any atom is 0.275 e. The first kappa shape index (κ1) is 27.1. The van der Waals surface area contributed by atoms with Crippen LogP contribution in [-0.2, 0) is 10.0 Å². The highest BCUT2D eigenvalue weighted by Gasteiger charge is 2.20. The van der Waals surface area contributed by atoms with Crippen LogP contribution in [0.4, 0.5) is 5.69 Å². The van der Waals surface area contributed by atoms with Crippen molar-refractivity contribution in [1.82, 2.24) is 9.78 Å². The van der Waals surface area contributed by atoms with Gasteiger partial charge in [-0.05, 0) is 79.8 Å². The van der Waals surface area contributed by atoms with Crippen LogP contribution >= 0.6 is 0 Å². The lowest BCUT2D eigenvalue weighted by molar-refractivity contribution is 0.533. The predicted molar refractivity (Wildman–Crippen MR) is 161 cm³/mol. The third-order valence-electron chi connectivity index (χ3n) is 7.20. The van der Waals surface area contributed by atoms with E-state index in [0.717, 1.165) is 27.8 Å². The summed E-state index contributed by atoms with van der Waals surface area (Å²) in [6.45, 7) is 7.91. The first-order valence-corrected chi connectivity index (χ1v) is 14.6. The fraction of sp³-hybridized carbons (Fsp3) is 0.152. The molecule has 7 heteroatoms. The molecule has 40 heavy (non-hydrogen) atoms. The highest BCUT2D eigenvalue weighted by Crippen LogP contribution is 2.32. The molecule has 0 aliphatic heterocycles. The largest absolute Gasteiger partial charge is 0.280 e. The van der Waals surface area contributed by atoms with E-state index < -0.39 is 10.0 Å². The molecule has 0 radical (unpaired) electrons. The van der Waals surface area contributed by atoms with E-state index in [2.05, 4.69) is 9.82 Å². The summed E-state index contributed by atoms with van der Waals surface area (Å²) in [5, 5.41) is 4.58. The Kier molecular flexibility index (Phi) is 7.41. The predicted octanol–water partition coefficient (Wildman–Crippen LogP) is 6.91. The number of anilines is 1. The number of rotatable bonds is 7. The second-order valence-electron chi connectivity index (χ2n) is 10.1. The van der Waals surface area contributed by atoms with E-state index in [4.69, 9.17) is 0 Å². The van der Waals surface area contributed by atoms with Crippen LogP contribution in [0.5, 0.6) is 0 Å². The molecular formula is C33H31N3O3S. The smallest absolute Gasteiger partial charge is 0.275 e. The number of aromatic nitrogens is 2. The first-order valence-electron chi connectivity index (χ1n) is 13.1. The van der Waals surface area contributed by atoms with Gasteiger partial charge in [0.05, 0.1) is 22.7 Å². The first-order chi connectivity index (χ1) is 19.1. The second-order valence-corrected chi connectivity index (χ2v) is 11.8.